The van der Waals surface area contributed by atoms with Gasteiger partial charge in [0.1, 0.15) is 10.7 Å². The van der Waals surface area contributed by atoms with E-state index in [1.807, 2.05) is 0 Å². The zero-order valence-corrected chi connectivity index (χ0v) is 12.5. The number of rotatable bonds is 2. The quantitative estimate of drug-likeness (QED) is 0.905. The van der Waals surface area contributed by atoms with Crippen molar-refractivity contribution < 1.29 is 12.8 Å². The summed E-state index contributed by atoms with van der Waals surface area (Å²) < 4.78 is 39.6. The second-order valence-electron chi connectivity index (χ2n) is 4.37. The number of hydrogen-bond acceptors (Lipinski definition) is 3. The lowest BCUT2D eigenvalue weighted by Gasteiger charge is -2.33. The molecule has 19 heavy (non-hydrogen) atoms. The highest BCUT2D eigenvalue weighted by Gasteiger charge is 2.34. The number of nitrogens with one attached hydrogen (secondary N) is 1. The van der Waals surface area contributed by atoms with E-state index in [1.165, 1.54) is 4.31 Å². The summed E-state index contributed by atoms with van der Waals surface area (Å²) in [4.78, 5) is -0.231. The molecule has 0 saturated carbocycles. The first-order chi connectivity index (χ1) is 8.84. The summed E-state index contributed by atoms with van der Waals surface area (Å²) in [6.45, 7) is 3.22. The van der Waals surface area contributed by atoms with Crippen molar-refractivity contribution in [2.45, 2.75) is 17.9 Å². The molecule has 106 valence electrons. The van der Waals surface area contributed by atoms with Crippen LogP contribution in [0.25, 0.3) is 0 Å². The van der Waals surface area contributed by atoms with Gasteiger partial charge in [-0.1, -0.05) is 23.2 Å². The number of nitrogens with zero attached hydrogens (tertiary/aromatic N) is 1. The standard InChI is InChI=1S/C11H13Cl2FN2O2S/c1-7-6-15-2-3-16(7)19(17,18)11-9(12)4-8(14)5-10(11)13/h4-5,7,15H,2-3,6H2,1H3. The number of hydrogen-bond donors (Lipinski definition) is 1. The SMILES string of the molecule is CC1CNCCN1S(=O)(=O)c1c(Cl)cc(F)cc1Cl. The molecule has 0 radical (unpaired) electrons. The van der Waals surface area contributed by atoms with Crippen molar-refractivity contribution in [3.63, 3.8) is 0 Å². The highest BCUT2D eigenvalue weighted by Crippen LogP contribution is 2.33. The van der Waals surface area contributed by atoms with Gasteiger partial charge in [0, 0.05) is 25.7 Å². The molecular weight excluding hydrogens is 314 g/mol. The van der Waals surface area contributed by atoms with Crippen molar-refractivity contribution in [2.75, 3.05) is 19.6 Å². The third-order valence-corrected chi connectivity index (χ3v) is 5.91. The molecule has 0 spiro atoms. The highest BCUT2D eigenvalue weighted by molar-refractivity contribution is 7.89. The highest BCUT2D eigenvalue weighted by atomic mass is 35.5. The molecule has 0 aromatic heterocycles. The lowest BCUT2D eigenvalue weighted by Crippen LogP contribution is -2.52. The molecule has 1 aromatic rings. The summed E-state index contributed by atoms with van der Waals surface area (Å²) in [7, 11) is -3.83. The smallest absolute Gasteiger partial charge is 0.246 e. The molecule has 1 N–H and O–H groups in total. The first kappa shape index (κ1) is 15.0. The van der Waals surface area contributed by atoms with Crippen LogP contribution in [0.1, 0.15) is 6.92 Å². The van der Waals surface area contributed by atoms with Gasteiger partial charge in [-0.2, -0.15) is 4.31 Å². The average molecular weight is 327 g/mol. The van der Waals surface area contributed by atoms with Gasteiger partial charge < -0.3 is 5.32 Å². The van der Waals surface area contributed by atoms with Crippen LogP contribution in [0, 0.1) is 5.82 Å². The van der Waals surface area contributed by atoms with Crippen LogP contribution in [0.2, 0.25) is 10.0 Å². The Kier molecular flexibility index (Phi) is 4.37. The van der Waals surface area contributed by atoms with Crippen LogP contribution in [0.15, 0.2) is 17.0 Å². The maximum Gasteiger partial charge on any atom is 0.246 e. The van der Waals surface area contributed by atoms with Crippen molar-refractivity contribution in [1.29, 1.82) is 0 Å². The maximum atomic E-state index is 13.1. The summed E-state index contributed by atoms with van der Waals surface area (Å²) in [5.74, 6) is -0.665. The van der Waals surface area contributed by atoms with E-state index in [-0.39, 0.29) is 21.0 Å². The van der Waals surface area contributed by atoms with E-state index < -0.39 is 15.8 Å². The van der Waals surface area contributed by atoms with Gasteiger partial charge in [0.25, 0.3) is 0 Å². The van der Waals surface area contributed by atoms with Crippen LogP contribution >= 0.6 is 23.2 Å². The van der Waals surface area contributed by atoms with Gasteiger partial charge in [-0.15, -0.1) is 0 Å². The van der Waals surface area contributed by atoms with E-state index in [1.54, 1.807) is 6.92 Å². The summed E-state index contributed by atoms with van der Waals surface area (Å²) in [5.41, 5.74) is 0. The maximum absolute atomic E-state index is 13.1. The molecule has 2 rings (SSSR count). The molecule has 1 fully saturated rings. The molecule has 8 heteroatoms. The Bertz CT molecular complexity index is 571. The largest absolute Gasteiger partial charge is 0.314 e. The van der Waals surface area contributed by atoms with Gasteiger partial charge in [-0.25, -0.2) is 12.8 Å². The van der Waals surface area contributed by atoms with Crippen LogP contribution in [-0.2, 0) is 10.0 Å². The van der Waals surface area contributed by atoms with Gasteiger partial charge in [0.05, 0.1) is 10.0 Å². The molecule has 1 unspecified atom stereocenters. The Morgan fingerprint density at radius 1 is 1.37 bits per heavy atom. The fraction of sp³-hybridized carbons (Fsp3) is 0.455. The van der Waals surface area contributed by atoms with Gasteiger partial charge in [-0.3, -0.25) is 0 Å². The minimum Gasteiger partial charge on any atom is -0.314 e. The third kappa shape index (κ3) is 2.87. The second-order valence-corrected chi connectivity index (χ2v) is 7.01. The first-order valence-corrected chi connectivity index (χ1v) is 7.90. The predicted octanol–water partition coefficient (Wildman–Crippen LogP) is 2.11. The van der Waals surface area contributed by atoms with E-state index in [4.69, 9.17) is 23.2 Å². The lowest BCUT2D eigenvalue weighted by molar-refractivity contribution is 0.284. The van der Waals surface area contributed by atoms with Crippen LogP contribution in [0.4, 0.5) is 4.39 Å². The van der Waals surface area contributed by atoms with Gasteiger partial charge in [0.15, 0.2) is 0 Å². The summed E-state index contributed by atoms with van der Waals surface area (Å²) in [6.07, 6.45) is 0. The Labute approximate surface area is 121 Å². The molecule has 0 bridgehead atoms. The van der Waals surface area contributed by atoms with Crippen LogP contribution in [-0.4, -0.2) is 38.4 Å². The van der Waals surface area contributed by atoms with Crippen molar-refractivity contribution in [1.82, 2.24) is 9.62 Å². The molecule has 0 aliphatic carbocycles. The van der Waals surface area contributed by atoms with Gasteiger partial charge >= 0.3 is 0 Å². The normalized spacial score (nSPS) is 21.6. The van der Waals surface area contributed by atoms with E-state index in [9.17, 15) is 12.8 Å². The monoisotopic (exact) mass is 326 g/mol. The topological polar surface area (TPSA) is 49.4 Å². The fourth-order valence-electron chi connectivity index (χ4n) is 2.07. The van der Waals surface area contributed by atoms with Gasteiger partial charge in [-0.05, 0) is 19.1 Å². The van der Waals surface area contributed by atoms with Crippen molar-refractivity contribution in [3.8, 4) is 0 Å². The predicted molar refractivity (Wildman–Crippen MR) is 72.6 cm³/mol. The van der Waals surface area contributed by atoms with E-state index >= 15 is 0 Å². The molecule has 1 aromatic carbocycles. The summed E-state index contributed by atoms with van der Waals surface area (Å²) >= 11 is 11.7. The zero-order valence-electron chi connectivity index (χ0n) is 10.2. The Balaban J connectivity index is 2.50. The van der Waals surface area contributed by atoms with Crippen molar-refractivity contribution >= 4 is 33.2 Å². The third-order valence-electron chi connectivity index (χ3n) is 2.97. The number of sulfonamides is 1. The Morgan fingerprint density at radius 2 is 1.95 bits per heavy atom. The van der Waals surface area contributed by atoms with Crippen LogP contribution in [0.3, 0.4) is 0 Å². The molecule has 1 atom stereocenters. The van der Waals surface area contributed by atoms with Crippen molar-refractivity contribution in [2.24, 2.45) is 0 Å². The van der Waals surface area contributed by atoms with Gasteiger partial charge in [0.2, 0.25) is 10.0 Å². The van der Waals surface area contributed by atoms with E-state index in [0.29, 0.717) is 19.6 Å². The van der Waals surface area contributed by atoms with Crippen molar-refractivity contribution in [3.05, 3.63) is 28.0 Å². The Morgan fingerprint density at radius 3 is 2.47 bits per heavy atom. The molecule has 1 heterocycles. The first-order valence-electron chi connectivity index (χ1n) is 5.71. The second kappa shape index (κ2) is 5.54. The molecule has 0 amide bonds. The molecule has 1 saturated heterocycles. The number of halogens is 3. The number of benzene rings is 1. The molecule has 1 aliphatic heterocycles. The molecular formula is C11H13Cl2FN2O2S. The van der Waals surface area contributed by atoms with Crippen LogP contribution < -0.4 is 5.32 Å². The molecule has 1 aliphatic rings. The summed E-state index contributed by atoms with van der Waals surface area (Å²) in [6, 6.07) is 1.69. The average Bonchev–Trinajstić information content (AvgIpc) is 2.27. The van der Waals surface area contributed by atoms with E-state index in [2.05, 4.69) is 5.32 Å². The summed E-state index contributed by atoms with van der Waals surface area (Å²) in [5, 5.41) is 2.70. The number of piperazine rings is 1. The minimum absolute atomic E-state index is 0.198. The lowest BCUT2D eigenvalue weighted by atomic mass is 10.3. The minimum atomic E-state index is -3.83. The van der Waals surface area contributed by atoms with Crippen LogP contribution in [0.5, 0.6) is 0 Å². The Hall–Kier alpha value is -0.400. The van der Waals surface area contributed by atoms with E-state index in [0.717, 1.165) is 12.1 Å². The molecule has 4 nitrogen and oxygen atoms in total. The zero-order chi connectivity index (χ0) is 14.2. The fourth-order valence-corrected chi connectivity index (χ4v) is 4.84.